The van der Waals surface area contributed by atoms with Crippen LogP contribution < -0.4 is 16.0 Å². The van der Waals surface area contributed by atoms with Crippen LogP contribution >= 0.6 is 0 Å². The van der Waals surface area contributed by atoms with Gasteiger partial charge < -0.3 is 20.7 Å². The molecule has 24 heavy (non-hydrogen) atoms. The number of nitrogens with one attached hydrogen (secondary N) is 3. The summed E-state index contributed by atoms with van der Waals surface area (Å²) >= 11 is 0. The lowest BCUT2D eigenvalue weighted by Crippen LogP contribution is -2.47. The summed E-state index contributed by atoms with van der Waals surface area (Å²) in [6.45, 7) is 3.16. The second kappa shape index (κ2) is 7.66. The highest BCUT2D eigenvalue weighted by Gasteiger charge is 2.41. The van der Waals surface area contributed by atoms with Gasteiger partial charge in [-0.25, -0.2) is 0 Å². The molecule has 3 N–H and O–H groups in total. The van der Waals surface area contributed by atoms with Gasteiger partial charge in [-0.15, -0.1) is 0 Å². The van der Waals surface area contributed by atoms with Crippen molar-refractivity contribution in [1.82, 2.24) is 16.0 Å². The van der Waals surface area contributed by atoms with E-state index in [9.17, 15) is 4.79 Å². The molecule has 2 aliphatic rings. The molecule has 6 nitrogen and oxygen atoms in total. The predicted octanol–water partition coefficient (Wildman–Crippen LogP) is 1.42. The molecule has 3 unspecified atom stereocenters. The number of hydrogen-bond donors (Lipinski definition) is 3. The number of fused-ring (bicyclic) bond motifs is 2. The molecular formula is C18H26N4O2. The normalized spacial score (nSPS) is 25.6. The van der Waals surface area contributed by atoms with Gasteiger partial charge in [0.05, 0.1) is 18.2 Å². The highest BCUT2D eigenvalue weighted by molar-refractivity contribution is 5.94. The van der Waals surface area contributed by atoms with Crippen molar-refractivity contribution in [3.8, 4) is 0 Å². The molecule has 1 aromatic carbocycles. The van der Waals surface area contributed by atoms with E-state index in [2.05, 4.69) is 20.9 Å². The van der Waals surface area contributed by atoms with Gasteiger partial charge in [0.15, 0.2) is 5.96 Å². The molecule has 2 fully saturated rings. The maximum absolute atomic E-state index is 11.9. The van der Waals surface area contributed by atoms with Crippen molar-refractivity contribution >= 4 is 11.9 Å². The Morgan fingerprint density at radius 3 is 2.88 bits per heavy atom. The van der Waals surface area contributed by atoms with Crippen LogP contribution in [0.2, 0.25) is 0 Å². The number of aliphatic imine (C=N–C) groups is 1. The van der Waals surface area contributed by atoms with Crippen LogP contribution in [-0.4, -0.2) is 43.7 Å². The fraction of sp³-hybridized carbons (Fsp3) is 0.556. The minimum absolute atomic E-state index is 0.0408. The maximum Gasteiger partial charge on any atom is 0.251 e. The number of carbonyl (C=O) groups excluding carboxylic acids is 1. The lowest BCUT2D eigenvalue weighted by Gasteiger charge is -2.22. The SMILES string of the molecule is CCNC(=O)c1cccc(CNC(=NC)NC2CC3CCC2O3)c1. The quantitative estimate of drug-likeness (QED) is 0.564. The van der Waals surface area contributed by atoms with Crippen molar-refractivity contribution in [1.29, 1.82) is 0 Å². The van der Waals surface area contributed by atoms with Gasteiger partial charge in [0.25, 0.3) is 5.91 Å². The van der Waals surface area contributed by atoms with E-state index >= 15 is 0 Å². The first-order valence-corrected chi connectivity index (χ1v) is 8.69. The number of carbonyl (C=O) groups is 1. The number of ether oxygens (including phenoxy) is 1. The summed E-state index contributed by atoms with van der Waals surface area (Å²) in [5, 5.41) is 9.60. The van der Waals surface area contributed by atoms with E-state index in [1.165, 1.54) is 6.42 Å². The van der Waals surface area contributed by atoms with Crippen LogP contribution in [0.1, 0.15) is 42.1 Å². The highest BCUT2D eigenvalue weighted by atomic mass is 16.5. The predicted molar refractivity (Wildman–Crippen MR) is 94.1 cm³/mol. The zero-order chi connectivity index (χ0) is 16.9. The van der Waals surface area contributed by atoms with Gasteiger partial charge in [-0.3, -0.25) is 9.79 Å². The summed E-state index contributed by atoms with van der Waals surface area (Å²) < 4.78 is 5.87. The fourth-order valence-corrected chi connectivity index (χ4v) is 3.43. The Kier molecular flexibility index (Phi) is 5.35. The van der Waals surface area contributed by atoms with Gasteiger partial charge in [-0.2, -0.15) is 0 Å². The van der Waals surface area contributed by atoms with E-state index in [4.69, 9.17) is 4.74 Å². The Hall–Kier alpha value is -2.08. The highest BCUT2D eigenvalue weighted by Crippen LogP contribution is 2.34. The lowest BCUT2D eigenvalue weighted by molar-refractivity contribution is 0.0955. The van der Waals surface area contributed by atoms with Crippen molar-refractivity contribution in [3.63, 3.8) is 0 Å². The van der Waals surface area contributed by atoms with E-state index in [0.717, 1.165) is 24.4 Å². The second-order valence-electron chi connectivity index (χ2n) is 6.35. The molecule has 2 bridgehead atoms. The van der Waals surface area contributed by atoms with Crippen molar-refractivity contribution in [2.45, 2.75) is 51.0 Å². The number of hydrogen-bond acceptors (Lipinski definition) is 3. The fourth-order valence-electron chi connectivity index (χ4n) is 3.43. The molecule has 2 aliphatic heterocycles. The Labute approximate surface area is 143 Å². The van der Waals surface area contributed by atoms with Gasteiger partial charge in [-0.1, -0.05) is 12.1 Å². The molecule has 6 heteroatoms. The van der Waals surface area contributed by atoms with E-state index < -0.39 is 0 Å². The van der Waals surface area contributed by atoms with Crippen LogP contribution in [0.15, 0.2) is 29.3 Å². The minimum atomic E-state index is -0.0408. The number of benzene rings is 1. The summed E-state index contributed by atoms with van der Waals surface area (Å²) in [4.78, 5) is 16.2. The molecule has 1 aromatic rings. The molecule has 3 rings (SSSR count). The third kappa shape index (κ3) is 3.87. The van der Waals surface area contributed by atoms with Crippen molar-refractivity contribution < 1.29 is 9.53 Å². The molecular weight excluding hydrogens is 304 g/mol. The van der Waals surface area contributed by atoms with Gasteiger partial charge >= 0.3 is 0 Å². The van der Waals surface area contributed by atoms with Crippen molar-refractivity contribution in [3.05, 3.63) is 35.4 Å². The third-order valence-corrected chi connectivity index (χ3v) is 4.64. The van der Waals surface area contributed by atoms with E-state index in [0.29, 0.717) is 36.9 Å². The number of guanidine groups is 1. The first kappa shape index (κ1) is 16.8. The number of amides is 1. The monoisotopic (exact) mass is 330 g/mol. The van der Waals surface area contributed by atoms with Gasteiger partial charge in [0.1, 0.15) is 0 Å². The molecule has 130 valence electrons. The topological polar surface area (TPSA) is 74.8 Å². The van der Waals surface area contributed by atoms with Gasteiger partial charge in [0, 0.05) is 25.7 Å². The van der Waals surface area contributed by atoms with E-state index in [1.807, 2.05) is 31.2 Å². The molecule has 2 heterocycles. The Bertz CT molecular complexity index is 617. The molecule has 0 radical (unpaired) electrons. The van der Waals surface area contributed by atoms with Crippen LogP contribution in [0.25, 0.3) is 0 Å². The van der Waals surface area contributed by atoms with Crippen LogP contribution in [0, 0.1) is 0 Å². The van der Waals surface area contributed by atoms with Crippen LogP contribution in [0.5, 0.6) is 0 Å². The Balaban J connectivity index is 1.54. The molecule has 2 saturated heterocycles. The zero-order valence-electron chi connectivity index (χ0n) is 14.3. The summed E-state index contributed by atoms with van der Waals surface area (Å²) in [7, 11) is 1.77. The molecule has 0 aliphatic carbocycles. The second-order valence-corrected chi connectivity index (χ2v) is 6.35. The minimum Gasteiger partial charge on any atom is -0.373 e. The van der Waals surface area contributed by atoms with Crippen LogP contribution in [0.4, 0.5) is 0 Å². The van der Waals surface area contributed by atoms with Gasteiger partial charge in [0.2, 0.25) is 0 Å². The molecule has 3 atom stereocenters. The molecule has 0 saturated carbocycles. The Morgan fingerprint density at radius 2 is 2.21 bits per heavy atom. The summed E-state index contributed by atoms with van der Waals surface area (Å²) in [5.41, 5.74) is 1.73. The molecule has 1 amide bonds. The number of nitrogens with zero attached hydrogens (tertiary/aromatic N) is 1. The maximum atomic E-state index is 11.9. The first-order chi connectivity index (χ1) is 11.7. The lowest BCUT2D eigenvalue weighted by atomic mass is 9.96. The zero-order valence-corrected chi connectivity index (χ0v) is 14.3. The van der Waals surface area contributed by atoms with Crippen molar-refractivity contribution in [2.24, 2.45) is 4.99 Å². The van der Waals surface area contributed by atoms with E-state index in [1.54, 1.807) is 7.05 Å². The summed E-state index contributed by atoms with van der Waals surface area (Å²) in [5.74, 6) is 0.737. The van der Waals surface area contributed by atoms with Crippen molar-refractivity contribution in [2.75, 3.05) is 13.6 Å². The van der Waals surface area contributed by atoms with Crippen LogP contribution in [-0.2, 0) is 11.3 Å². The van der Waals surface area contributed by atoms with E-state index in [-0.39, 0.29) is 5.91 Å². The average molecular weight is 330 g/mol. The van der Waals surface area contributed by atoms with Crippen LogP contribution in [0.3, 0.4) is 0 Å². The Morgan fingerprint density at radius 1 is 1.33 bits per heavy atom. The smallest absolute Gasteiger partial charge is 0.251 e. The molecule has 0 spiro atoms. The largest absolute Gasteiger partial charge is 0.373 e. The third-order valence-electron chi connectivity index (χ3n) is 4.64. The van der Waals surface area contributed by atoms with Gasteiger partial charge in [-0.05, 0) is 43.9 Å². The average Bonchev–Trinajstić information content (AvgIpc) is 3.22. The first-order valence-electron chi connectivity index (χ1n) is 8.69. The summed E-state index contributed by atoms with van der Waals surface area (Å²) in [6, 6.07) is 7.99. The molecule has 0 aromatic heterocycles. The number of rotatable bonds is 5. The standard InChI is InChI=1S/C18H26N4O2/c1-3-20-17(23)13-6-4-5-12(9-13)11-21-18(19-2)22-15-10-14-7-8-16(15)24-14/h4-6,9,14-16H,3,7-8,10-11H2,1-2H3,(H,20,23)(H2,19,21,22). The summed E-state index contributed by atoms with van der Waals surface area (Å²) in [6.07, 6.45) is 4.10.